The molecular formula is C18H17N3O3. The fourth-order valence-electron chi connectivity index (χ4n) is 2.21. The first-order chi connectivity index (χ1) is 11.5. The molecule has 6 heteroatoms. The number of benzene rings is 2. The van der Waals surface area contributed by atoms with Gasteiger partial charge in [0.25, 0.3) is 0 Å². The molecule has 0 aliphatic rings. The standard InChI is InChI=1S/C18H17N3O3/c1-13(22)21(17-9-4-3-6-14(17)11-19)12-18(23)20-15-7-5-8-16(10-15)24-2/h3-10H,12H2,1-2H3,(H,20,23). The molecule has 0 saturated carbocycles. The van der Waals surface area contributed by atoms with Crippen LogP contribution in [0, 0.1) is 11.3 Å². The van der Waals surface area contributed by atoms with Crippen LogP contribution in [-0.2, 0) is 9.59 Å². The predicted molar refractivity (Wildman–Crippen MR) is 90.8 cm³/mol. The Kier molecular flexibility index (Phi) is 5.53. The molecule has 1 N–H and O–H groups in total. The Morgan fingerprint density at radius 2 is 1.96 bits per heavy atom. The van der Waals surface area contributed by atoms with Gasteiger partial charge < -0.3 is 15.0 Å². The lowest BCUT2D eigenvalue weighted by atomic mass is 10.1. The van der Waals surface area contributed by atoms with Crippen LogP contribution in [0.2, 0.25) is 0 Å². The summed E-state index contributed by atoms with van der Waals surface area (Å²) < 4.78 is 5.10. The molecule has 0 atom stereocenters. The van der Waals surface area contributed by atoms with E-state index in [4.69, 9.17) is 4.74 Å². The number of methoxy groups -OCH3 is 1. The maximum Gasteiger partial charge on any atom is 0.244 e. The number of nitrogens with zero attached hydrogens (tertiary/aromatic N) is 2. The molecule has 6 nitrogen and oxygen atoms in total. The molecular weight excluding hydrogens is 306 g/mol. The zero-order valence-corrected chi connectivity index (χ0v) is 13.4. The average molecular weight is 323 g/mol. The molecule has 2 amide bonds. The van der Waals surface area contributed by atoms with Gasteiger partial charge >= 0.3 is 0 Å². The molecule has 2 rings (SSSR count). The van der Waals surface area contributed by atoms with Crippen LogP contribution in [0.1, 0.15) is 12.5 Å². The van der Waals surface area contributed by atoms with E-state index in [1.165, 1.54) is 18.9 Å². The molecule has 0 fully saturated rings. The number of hydrogen-bond donors (Lipinski definition) is 1. The van der Waals surface area contributed by atoms with Crippen LogP contribution < -0.4 is 15.0 Å². The van der Waals surface area contributed by atoms with E-state index in [0.29, 0.717) is 22.7 Å². The first kappa shape index (κ1) is 17.0. The molecule has 2 aromatic rings. The molecule has 0 aromatic heterocycles. The normalized spacial score (nSPS) is 9.71. The second-order valence-corrected chi connectivity index (χ2v) is 5.01. The van der Waals surface area contributed by atoms with Gasteiger partial charge in [0.05, 0.1) is 18.4 Å². The van der Waals surface area contributed by atoms with Crippen molar-refractivity contribution in [2.24, 2.45) is 0 Å². The minimum absolute atomic E-state index is 0.189. The molecule has 0 heterocycles. The molecule has 24 heavy (non-hydrogen) atoms. The van der Waals surface area contributed by atoms with Crippen LogP contribution in [-0.4, -0.2) is 25.5 Å². The maximum atomic E-state index is 12.3. The Hall–Kier alpha value is -3.33. The SMILES string of the molecule is COc1cccc(NC(=O)CN(C(C)=O)c2ccccc2C#N)c1. The van der Waals surface area contributed by atoms with Crippen molar-refractivity contribution in [2.75, 3.05) is 23.9 Å². The van der Waals surface area contributed by atoms with Crippen LogP contribution in [0.25, 0.3) is 0 Å². The Morgan fingerprint density at radius 1 is 1.21 bits per heavy atom. The smallest absolute Gasteiger partial charge is 0.244 e. The zero-order chi connectivity index (χ0) is 17.5. The number of rotatable bonds is 5. The van der Waals surface area contributed by atoms with Gasteiger partial charge in [-0.3, -0.25) is 9.59 Å². The summed E-state index contributed by atoms with van der Waals surface area (Å²) in [4.78, 5) is 25.5. The first-order valence-electron chi connectivity index (χ1n) is 7.26. The van der Waals surface area contributed by atoms with Gasteiger partial charge in [0.15, 0.2) is 0 Å². The minimum atomic E-state index is -0.369. The highest BCUT2D eigenvalue weighted by Crippen LogP contribution is 2.20. The predicted octanol–water partition coefficient (Wildman–Crippen LogP) is 2.56. The Bertz CT molecular complexity index is 796. The number of carbonyl (C=O) groups excluding carboxylic acids is 2. The Morgan fingerprint density at radius 3 is 2.62 bits per heavy atom. The summed E-state index contributed by atoms with van der Waals surface area (Å²) in [6, 6.07) is 15.6. The maximum absolute atomic E-state index is 12.3. The summed E-state index contributed by atoms with van der Waals surface area (Å²) in [7, 11) is 1.54. The topological polar surface area (TPSA) is 82.4 Å². The fourth-order valence-corrected chi connectivity index (χ4v) is 2.21. The molecule has 0 spiro atoms. The second kappa shape index (κ2) is 7.79. The number of ether oxygens (including phenoxy) is 1. The van der Waals surface area contributed by atoms with E-state index in [9.17, 15) is 14.9 Å². The van der Waals surface area contributed by atoms with Gasteiger partial charge in [-0.1, -0.05) is 18.2 Å². The molecule has 122 valence electrons. The summed E-state index contributed by atoms with van der Waals surface area (Å²) >= 11 is 0. The van der Waals surface area contributed by atoms with Gasteiger partial charge in [0, 0.05) is 18.7 Å². The van der Waals surface area contributed by atoms with Gasteiger partial charge in [-0.25, -0.2) is 0 Å². The molecule has 0 unspecified atom stereocenters. The molecule has 0 bridgehead atoms. The largest absolute Gasteiger partial charge is 0.497 e. The third kappa shape index (κ3) is 4.11. The van der Waals surface area contributed by atoms with Crippen molar-refractivity contribution in [1.29, 1.82) is 5.26 Å². The third-order valence-corrected chi connectivity index (χ3v) is 3.35. The van der Waals surface area contributed by atoms with Gasteiger partial charge in [0.2, 0.25) is 11.8 Å². The van der Waals surface area contributed by atoms with E-state index in [0.717, 1.165) is 0 Å². The van der Waals surface area contributed by atoms with Crippen molar-refractivity contribution in [1.82, 2.24) is 0 Å². The van der Waals surface area contributed by atoms with Crippen molar-refractivity contribution in [2.45, 2.75) is 6.92 Å². The number of amides is 2. The number of carbonyl (C=O) groups is 2. The van der Waals surface area contributed by atoms with Crippen molar-refractivity contribution >= 4 is 23.2 Å². The second-order valence-electron chi connectivity index (χ2n) is 5.01. The monoisotopic (exact) mass is 323 g/mol. The third-order valence-electron chi connectivity index (χ3n) is 3.35. The number of nitrogens with one attached hydrogen (secondary N) is 1. The minimum Gasteiger partial charge on any atom is -0.497 e. The quantitative estimate of drug-likeness (QED) is 0.916. The lowest BCUT2D eigenvalue weighted by molar-refractivity contribution is -0.120. The Balaban J connectivity index is 2.17. The number of anilines is 2. The number of hydrogen-bond acceptors (Lipinski definition) is 4. The van der Waals surface area contributed by atoms with Gasteiger partial charge in [-0.05, 0) is 24.3 Å². The number of nitriles is 1. The van der Waals surface area contributed by atoms with Crippen LogP contribution in [0.5, 0.6) is 5.75 Å². The highest BCUT2D eigenvalue weighted by Gasteiger charge is 2.18. The van der Waals surface area contributed by atoms with Crippen molar-refractivity contribution in [3.63, 3.8) is 0 Å². The van der Waals surface area contributed by atoms with E-state index in [2.05, 4.69) is 5.32 Å². The van der Waals surface area contributed by atoms with E-state index in [-0.39, 0.29) is 18.4 Å². The van der Waals surface area contributed by atoms with Crippen molar-refractivity contribution in [3.05, 3.63) is 54.1 Å². The van der Waals surface area contributed by atoms with E-state index in [1.54, 1.807) is 48.5 Å². The zero-order valence-electron chi connectivity index (χ0n) is 13.4. The van der Waals surface area contributed by atoms with Crippen molar-refractivity contribution in [3.8, 4) is 11.8 Å². The summed E-state index contributed by atoms with van der Waals surface area (Å²) in [5.74, 6) is -0.0734. The molecule has 0 saturated heterocycles. The van der Waals surface area contributed by atoms with Crippen LogP contribution in [0.3, 0.4) is 0 Å². The first-order valence-corrected chi connectivity index (χ1v) is 7.26. The molecule has 0 aliphatic carbocycles. The Labute approximate surface area is 140 Å². The highest BCUT2D eigenvalue weighted by atomic mass is 16.5. The van der Waals surface area contributed by atoms with Gasteiger partial charge in [-0.15, -0.1) is 0 Å². The van der Waals surface area contributed by atoms with E-state index in [1.807, 2.05) is 6.07 Å². The highest BCUT2D eigenvalue weighted by molar-refractivity contribution is 6.02. The fraction of sp³-hybridized carbons (Fsp3) is 0.167. The van der Waals surface area contributed by atoms with Crippen LogP contribution in [0.4, 0.5) is 11.4 Å². The lowest BCUT2D eigenvalue weighted by Crippen LogP contribution is -2.37. The summed E-state index contributed by atoms with van der Waals surface area (Å²) in [6.45, 7) is 1.16. The van der Waals surface area contributed by atoms with Gasteiger partial charge in [0.1, 0.15) is 18.4 Å². The molecule has 0 aliphatic heterocycles. The summed E-state index contributed by atoms with van der Waals surface area (Å²) in [5, 5.41) is 11.9. The lowest BCUT2D eigenvalue weighted by Gasteiger charge is -2.21. The summed E-state index contributed by atoms with van der Waals surface area (Å²) in [5.41, 5.74) is 1.31. The van der Waals surface area contributed by atoms with Gasteiger partial charge in [-0.2, -0.15) is 5.26 Å². The number of para-hydroxylation sites is 1. The molecule has 2 aromatic carbocycles. The van der Waals surface area contributed by atoms with E-state index >= 15 is 0 Å². The summed E-state index contributed by atoms with van der Waals surface area (Å²) in [6.07, 6.45) is 0. The molecule has 0 radical (unpaired) electrons. The van der Waals surface area contributed by atoms with E-state index < -0.39 is 0 Å². The van der Waals surface area contributed by atoms with Crippen molar-refractivity contribution < 1.29 is 14.3 Å². The van der Waals surface area contributed by atoms with Crippen LogP contribution in [0.15, 0.2) is 48.5 Å². The average Bonchev–Trinajstić information content (AvgIpc) is 2.59. The van der Waals surface area contributed by atoms with Crippen LogP contribution >= 0.6 is 0 Å².